The maximum absolute atomic E-state index is 11.8. The van der Waals surface area contributed by atoms with Crippen LogP contribution in [0.2, 0.25) is 0 Å². The first-order valence-corrected chi connectivity index (χ1v) is 6.29. The van der Waals surface area contributed by atoms with E-state index in [0.717, 1.165) is 17.7 Å². The first-order valence-electron chi connectivity index (χ1n) is 6.29. The topological polar surface area (TPSA) is 65.3 Å². The normalized spacial score (nSPS) is 10.1. The van der Waals surface area contributed by atoms with E-state index in [1.165, 1.54) is 12.4 Å². The Morgan fingerprint density at radius 1 is 1.30 bits per heavy atom. The Balaban J connectivity index is 1.84. The van der Waals surface area contributed by atoms with Crippen molar-refractivity contribution in [3.05, 3.63) is 65.1 Å². The van der Waals surface area contributed by atoms with Crippen molar-refractivity contribution in [1.29, 1.82) is 0 Å². The quantitative estimate of drug-likeness (QED) is 0.659. The lowest BCUT2D eigenvalue weighted by atomic mass is 10.1. The molecule has 0 saturated carbocycles. The molecule has 0 atom stereocenters. The number of rotatable bonds is 5. The maximum atomic E-state index is 11.8. The molecule has 0 fully saturated rings. The van der Waals surface area contributed by atoms with Crippen LogP contribution >= 0.6 is 0 Å². The van der Waals surface area contributed by atoms with Crippen LogP contribution in [0.3, 0.4) is 0 Å². The molecule has 0 aliphatic heterocycles. The Morgan fingerprint density at radius 2 is 2.05 bits per heavy atom. The van der Waals surface area contributed by atoms with Gasteiger partial charge in [-0.15, -0.1) is 0 Å². The molecular weight excluding hydrogens is 256 g/mol. The van der Waals surface area contributed by atoms with Gasteiger partial charge in [-0.25, -0.2) is 0 Å². The lowest BCUT2D eigenvalue weighted by molar-refractivity contribution is -0.605. The monoisotopic (exact) mass is 272 g/mol. The van der Waals surface area contributed by atoms with Crippen LogP contribution in [0.1, 0.15) is 15.9 Å². The summed E-state index contributed by atoms with van der Waals surface area (Å²) < 4.78 is 5.69. The molecule has 1 amide bonds. The van der Waals surface area contributed by atoms with Crippen LogP contribution < -0.4 is 14.8 Å². The Labute approximate surface area is 117 Å². The SMILES string of the molecule is COc1ccc(CCNC(=O)c2ccc[n+]([O-])c2)cc1. The predicted molar refractivity (Wildman–Crippen MR) is 74.4 cm³/mol. The number of nitrogens with zero attached hydrogens (tertiary/aromatic N) is 1. The van der Waals surface area contributed by atoms with Crippen LogP contribution in [0.4, 0.5) is 0 Å². The summed E-state index contributed by atoms with van der Waals surface area (Å²) >= 11 is 0. The summed E-state index contributed by atoms with van der Waals surface area (Å²) in [5, 5.41) is 13.9. The first-order chi connectivity index (χ1) is 9.69. The van der Waals surface area contributed by atoms with E-state index in [0.29, 0.717) is 16.8 Å². The number of nitrogens with one attached hydrogen (secondary N) is 1. The van der Waals surface area contributed by atoms with E-state index in [9.17, 15) is 10.0 Å². The minimum Gasteiger partial charge on any atom is -0.619 e. The molecule has 0 aliphatic rings. The number of aromatic nitrogens is 1. The summed E-state index contributed by atoms with van der Waals surface area (Å²) in [5.41, 5.74) is 1.47. The third kappa shape index (κ3) is 3.71. The molecule has 2 aromatic rings. The predicted octanol–water partition coefficient (Wildman–Crippen LogP) is 1.30. The molecule has 0 spiro atoms. The molecule has 1 heterocycles. The van der Waals surface area contributed by atoms with Crippen LogP contribution in [0.15, 0.2) is 48.8 Å². The average Bonchev–Trinajstić information content (AvgIpc) is 2.48. The Hall–Kier alpha value is -2.56. The van der Waals surface area contributed by atoms with Crippen LogP contribution in [0.25, 0.3) is 0 Å². The van der Waals surface area contributed by atoms with E-state index >= 15 is 0 Å². The van der Waals surface area contributed by atoms with E-state index in [4.69, 9.17) is 4.74 Å². The maximum Gasteiger partial charge on any atom is 0.257 e. The second-order valence-corrected chi connectivity index (χ2v) is 4.31. The molecule has 0 unspecified atom stereocenters. The lowest BCUT2D eigenvalue weighted by Crippen LogP contribution is -2.30. The number of amides is 1. The van der Waals surface area contributed by atoms with Crippen LogP contribution in [-0.4, -0.2) is 19.6 Å². The number of benzene rings is 1. The minimum atomic E-state index is -0.247. The Bertz CT molecular complexity index is 582. The van der Waals surface area contributed by atoms with Crippen molar-refractivity contribution < 1.29 is 14.3 Å². The van der Waals surface area contributed by atoms with Gasteiger partial charge in [0.2, 0.25) is 0 Å². The summed E-state index contributed by atoms with van der Waals surface area (Å²) in [6.45, 7) is 0.513. The largest absolute Gasteiger partial charge is 0.619 e. The van der Waals surface area contributed by atoms with Gasteiger partial charge in [0.1, 0.15) is 11.3 Å². The fourth-order valence-electron chi connectivity index (χ4n) is 1.80. The number of carbonyl (C=O) groups is 1. The second kappa shape index (κ2) is 6.56. The highest BCUT2D eigenvalue weighted by molar-refractivity contribution is 5.93. The van der Waals surface area contributed by atoms with E-state index in [-0.39, 0.29) is 5.91 Å². The van der Waals surface area contributed by atoms with Crippen molar-refractivity contribution in [1.82, 2.24) is 5.32 Å². The van der Waals surface area contributed by atoms with E-state index < -0.39 is 0 Å². The van der Waals surface area contributed by atoms with Gasteiger partial charge in [0.25, 0.3) is 5.91 Å². The molecule has 0 radical (unpaired) electrons. The lowest BCUT2D eigenvalue weighted by Gasteiger charge is -2.06. The molecule has 2 rings (SSSR count). The second-order valence-electron chi connectivity index (χ2n) is 4.31. The molecule has 20 heavy (non-hydrogen) atoms. The van der Waals surface area contributed by atoms with Crippen molar-refractivity contribution in [2.24, 2.45) is 0 Å². The summed E-state index contributed by atoms with van der Waals surface area (Å²) in [4.78, 5) is 11.8. The third-order valence-corrected chi connectivity index (χ3v) is 2.90. The van der Waals surface area contributed by atoms with Crippen molar-refractivity contribution in [3.8, 4) is 5.75 Å². The van der Waals surface area contributed by atoms with Crippen molar-refractivity contribution in [2.45, 2.75) is 6.42 Å². The molecule has 5 nitrogen and oxygen atoms in total. The van der Waals surface area contributed by atoms with Gasteiger partial charge in [-0.1, -0.05) is 12.1 Å². The molecule has 0 aliphatic carbocycles. The highest BCUT2D eigenvalue weighted by Gasteiger charge is 2.07. The van der Waals surface area contributed by atoms with Gasteiger partial charge in [0, 0.05) is 12.6 Å². The molecule has 104 valence electrons. The third-order valence-electron chi connectivity index (χ3n) is 2.90. The number of methoxy groups -OCH3 is 1. The minimum absolute atomic E-state index is 0.247. The van der Waals surface area contributed by atoms with E-state index in [2.05, 4.69) is 5.32 Å². The summed E-state index contributed by atoms with van der Waals surface area (Å²) in [6.07, 6.45) is 3.32. The van der Waals surface area contributed by atoms with Gasteiger partial charge in [0.05, 0.1) is 7.11 Å². The van der Waals surface area contributed by atoms with Crippen molar-refractivity contribution >= 4 is 5.91 Å². The highest BCUT2D eigenvalue weighted by atomic mass is 16.5. The van der Waals surface area contributed by atoms with Crippen LogP contribution in [0.5, 0.6) is 5.75 Å². The van der Waals surface area contributed by atoms with Gasteiger partial charge in [0.15, 0.2) is 12.4 Å². The van der Waals surface area contributed by atoms with E-state index in [1.807, 2.05) is 24.3 Å². The number of hydrogen-bond acceptors (Lipinski definition) is 3. The molecule has 1 aromatic heterocycles. The van der Waals surface area contributed by atoms with Crippen LogP contribution in [0, 0.1) is 5.21 Å². The molecule has 0 saturated heterocycles. The van der Waals surface area contributed by atoms with Gasteiger partial charge >= 0.3 is 0 Å². The van der Waals surface area contributed by atoms with E-state index in [1.54, 1.807) is 19.2 Å². The standard InChI is InChI=1S/C15H16N2O3/c1-20-14-6-4-12(5-7-14)8-9-16-15(18)13-3-2-10-17(19)11-13/h2-7,10-11H,8-9H2,1H3,(H,16,18). The van der Waals surface area contributed by atoms with Gasteiger partial charge in [-0.05, 0) is 30.2 Å². The molecule has 5 heteroatoms. The Morgan fingerprint density at radius 3 is 2.70 bits per heavy atom. The zero-order chi connectivity index (χ0) is 14.4. The number of ether oxygens (including phenoxy) is 1. The Kier molecular flexibility index (Phi) is 4.55. The molecule has 0 bridgehead atoms. The highest BCUT2D eigenvalue weighted by Crippen LogP contribution is 2.11. The molecule has 1 aromatic carbocycles. The molecule has 1 N–H and O–H groups in total. The smallest absolute Gasteiger partial charge is 0.257 e. The van der Waals surface area contributed by atoms with Crippen molar-refractivity contribution in [2.75, 3.05) is 13.7 Å². The first kappa shape index (κ1) is 13.9. The molecular formula is C15H16N2O3. The van der Waals surface area contributed by atoms with Crippen molar-refractivity contribution in [3.63, 3.8) is 0 Å². The zero-order valence-electron chi connectivity index (χ0n) is 11.2. The average molecular weight is 272 g/mol. The summed E-state index contributed by atoms with van der Waals surface area (Å²) in [6, 6.07) is 10.8. The number of carbonyl (C=O) groups excluding carboxylic acids is 1. The van der Waals surface area contributed by atoms with Gasteiger partial charge < -0.3 is 15.3 Å². The zero-order valence-corrected chi connectivity index (χ0v) is 11.2. The van der Waals surface area contributed by atoms with Gasteiger partial charge in [-0.3, -0.25) is 4.79 Å². The fraction of sp³-hybridized carbons (Fsp3) is 0.200. The number of hydrogen-bond donors (Lipinski definition) is 1. The number of pyridine rings is 1. The summed E-state index contributed by atoms with van der Waals surface area (Å²) in [7, 11) is 1.62. The summed E-state index contributed by atoms with van der Waals surface area (Å²) in [5.74, 6) is 0.561. The fourth-order valence-corrected chi connectivity index (χ4v) is 1.80. The van der Waals surface area contributed by atoms with Gasteiger partial charge in [-0.2, -0.15) is 4.73 Å². The van der Waals surface area contributed by atoms with Crippen LogP contribution in [-0.2, 0) is 6.42 Å².